The molecule has 0 bridgehead atoms. The zero-order valence-electron chi connectivity index (χ0n) is 12.9. The first kappa shape index (κ1) is 16.5. The van der Waals surface area contributed by atoms with E-state index in [1.807, 2.05) is 38.1 Å². The van der Waals surface area contributed by atoms with Crippen LogP contribution in [-0.2, 0) is 9.53 Å². The van der Waals surface area contributed by atoms with Crippen molar-refractivity contribution in [3.63, 3.8) is 0 Å². The highest BCUT2D eigenvalue weighted by Crippen LogP contribution is 2.15. The van der Waals surface area contributed by atoms with Crippen LogP contribution in [0.3, 0.4) is 0 Å². The van der Waals surface area contributed by atoms with Gasteiger partial charge in [-0.2, -0.15) is 0 Å². The number of nitrogens with zero attached hydrogens (tertiary/aromatic N) is 1. The summed E-state index contributed by atoms with van der Waals surface area (Å²) >= 11 is 0. The van der Waals surface area contributed by atoms with Gasteiger partial charge in [0.25, 0.3) is 0 Å². The second-order valence-corrected chi connectivity index (χ2v) is 4.84. The van der Waals surface area contributed by atoms with E-state index in [4.69, 9.17) is 9.47 Å². The molecule has 1 rings (SSSR count). The van der Waals surface area contributed by atoms with Crippen LogP contribution >= 0.6 is 0 Å². The summed E-state index contributed by atoms with van der Waals surface area (Å²) in [4.78, 5) is 14.0. The number of esters is 1. The molecule has 4 nitrogen and oxygen atoms in total. The van der Waals surface area contributed by atoms with E-state index in [-0.39, 0.29) is 18.7 Å². The molecule has 0 saturated heterocycles. The van der Waals surface area contributed by atoms with Gasteiger partial charge in [-0.3, -0.25) is 0 Å². The van der Waals surface area contributed by atoms with Crippen LogP contribution < -0.4 is 4.74 Å². The fraction of sp³-hybridized carbons (Fsp3) is 0.562. The molecule has 0 heterocycles. The van der Waals surface area contributed by atoms with E-state index < -0.39 is 0 Å². The Morgan fingerprint density at radius 1 is 1.25 bits per heavy atom. The van der Waals surface area contributed by atoms with Crippen molar-refractivity contribution in [2.75, 3.05) is 26.2 Å². The molecule has 4 heteroatoms. The minimum atomic E-state index is -0.326. The van der Waals surface area contributed by atoms with Crippen LogP contribution in [0.2, 0.25) is 0 Å². The number of para-hydroxylation sites is 1. The van der Waals surface area contributed by atoms with Gasteiger partial charge < -0.3 is 14.4 Å². The third kappa shape index (κ3) is 5.61. The highest BCUT2D eigenvalue weighted by molar-refractivity contribution is 5.71. The van der Waals surface area contributed by atoms with E-state index in [1.165, 1.54) is 0 Å². The van der Waals surface area contributed by atoms with Crippen molar-refractivity contribution >= 4 is 5.97 Å². The van der Waals surface area contributed by atoms with Gasteiger partial charge in [0.1, 0.15) is 11.9 Å². The first-order valence-corrected chi connectivity index (χ1v) is 7.17. The summed E-state index contributed by atoms with van der Waals surface area (Å²) in [5.41, 5.74) is 1.01. The van der Waals surface area contributed by atoms with Crippen molar-refractivity contribution in [2.24, 2.45) is 0 Å². The van der Waals surface area contributed by atoms with E-state index in [0.717, 1.165) is 30.9 Å². The second-order valence-electron chi connectivity index (χ2n) is 4.84. The average molecular weight is 279 g/mol. The number of rotatable bonds is 8. The fourth-order valence-electron chi connectivity index (χ4n) is 2.00. The second kappa shape index (κ2) is 8.59. The maximum atomic E-state index is 11.7. The summed E-state index contributed by atoms with van der Waals surface area (Å²) in [6, 6.07) is 7.62. The van der Waals surface area contributed by atoms with Gasteiger partial charge in [0, 0.05) is 6.54 Å². The van der Waals surface area contributed by atoms with Crippen LogP contribution in [0.1, 0.15) is 26.3 Å². The van der Waals surface area contributed by atoms with Gasteiger partial charge in [-0.05, 0) is 38.6 Å². The molecule has 1 aromatic rings. The Labute approximate surface area is 121 Å². The predicted molar refractivity (Wildman–Crippen MR) is 80.0 cm³/mol. The topological polar surface area (TPSA) is 38.8 Å². The largest absolute Gasteiger partial charge is 0.482 e. The number of carbonyl (C=O) groups excluding carboxylic acids is 1. The Balaban J connectivity index is 2.35. The maximum Gasteiger partial charge on any atom is 0.344 e. The normalized spacial score (nSPS) is 12.2. The van der Waals surface area contributed by atoms with Crippen LogP contribution in [0.25, 0.3) is 0 Å². The molecule has 0 radical (unpaired) electrons. The Hall–Kier alpha value is -1.55. The zero-order chi connectivity index (χ0) is 15.0. The smallest absolute Gasteiger partial charge is 0.344 e. The minimum Gasteiger partial charge on any atom is -0.482 e. The Bertz CT molecular complexity index is 416. The summed E-state index contributed by atoms with van der Waals surface area (Å²) in [5, 5.41) is 0. The summed E-state index contributed by atoms with van der Waals surface area (Å²) in [7, 11) is 0. The van der Waals surface area contributed by atoms with Gasteiger partial charge >= 0.3 is 5.97 Å². The lowest BCUT2D eigenvalue weighted by Gasteiger charge is -2.22. The first-order chi connectivity index (χ1) is 9.56. The lowest BCUT2D eigenvalue weighted by Crippen LogP contribution is -2.34. The highest BCUT2D eigenvalue weighted by atomic mass is 16.6. The third-order valence-electron chi connectivity index (χ3n) is 3.18. The molecule has 0 unspecified atom stereocenters. The number of hydrogen-bond acceptors (Lipinski definition) is 4. The molecule has 0 spiro atoms. The number of benzene rings is 1. The van der Waals surface area contributed by atoms with Crippen molar-refractivity contribution in [3.05, 3.63) is 29.8 Å². The lowest BCUT2D eigenvalue weighted by molar-refractivity contribution is -0.151. The molecule has 0 aromatic heterocycles. The van der Waals surface area contributed by atoms with Crippen molar-refractivity contribution in [3.8, 4) is 5.75 Å². The fourth-order valence-corrected chi connectivity index (χ4v) is 2.00. The van der Waals surface area contributed by atoms with Gasteiger partial charge in [-0.1, -0.05) is 32.0 Å². The number of aryl methyl sites for hydroxylation is 1. The SMILES string of the molecule is CCN(CC)C[C@@H](C)OC(=O)COc1ccccc1C. The van der Waals surface area contributed by atoms with E-state index in [0.29, 0.717) is 0 Å². The molecule has 0 aliphatic rings. The van der Waals surface area contributed by atoms with Gasteiger partial charge in [0.15, 0.2) is 6.61 Å². The van der Waals surface area contributed by atoms with Gasteiger partial charge in [0.05, 0.1) is 0 Å². The first-order valence-electron chi connectivity index (χ1n) is 7.17. The van der Waals surface area contributed by atoms with Crippen LogP contribution in [0.15, 0.2) is 24.3 Å². The van der Waals surface area contributed by atoms with E-state index in [1.54, 1.807) is 0 Å². The van der Waals surface area contributed by atoms with Crippen molar-refractivity contribution < 1.29 is 14.3 Å². The molecule has 0 aliphatic heterocycles. The van der Waals surface area contributed by atoms with Crippen LogP contribution in [0, 0.1) is 6.92 Å². The maximum absolute atomic E-state index is 11.7. The molecule has 20 heavy (non-hydrogen) atoms. The quantitative estimate of drug-likeness (QED) is 0.686. The molecule has 0 amide bonds. The number of carbonyl (C=O) groups is 1. The molecule has 0 aliphatic carbocycles. The van der Waals surface area contributed by atoms with Crippen LogP contribution in [-0.4, -0.2) is 43.2 Å². The molecule has 1 aromatic carbocycles. The molecular weight excluding hydrogens is 254 g/mol. The van der Waals surface area contributed by atoms with E-state index in [9.17, 15) is 4.79 Å². The monoisotopic (exact) mass is 279 g/mol. The van der Waals surface area contributed by atoms with Crippen molar-refractivity contribution in [1.82, 2.24) is 4.90 Å². The van der Waals surface area contributed by atoms with Crippen LogP contribution in [0.4, 0.5) is 0 Å². The van der Waals surface area contributed by atoms with Crippen molar-refractivity contribution in [1.29, 1.82) is 0 Å². The summed E-state index contributed by atoms with van der Waals surface area (Å²) < 4.78 is 10.8. The van der Waals surface area contributed by atoms with Crippen LogP contribution in [0.5, 0.6) is 5.75 Å². The van der Waals surface area contributed by atoms with Gasteiger partial charge in [0.2, 0.25) is 0 Å². The van der Waals surface area contributed by atoms with E-state index >= 15 is 0 Å². The molecule has 0 saturated carbocycles. The summed E-state index contributed by atoms with van der Waals surface area (Å²) in [6.45, 7) is 10.7. The van der Waals surface area contributed by atoms with E-state index in [2.05, 4.69) is 18.7 Å². The summed E-state index contributed by atoms with van der Waals surface area (Å²) in [5.74, 6) is 0.397. The zero-order valence-corrected chi connectivity index (χ0v) is 12.9. The number of hydrogen-bond donors (Lipinski definition) is 0. The van der Waals surface area contributed by atoms with Crippen molar-refractivity contribution in [2.45, 2.75) is 33.8 Å². The molecular formula is C16H25NO3. The molecule has 0 N–H and O–H groups in total. The Kier molecular flexibility index (Phi) is 7.09. The average Bonchev–Trinajstić information content (AvgIpc) is 2.43. The standard InChI is InChI=1S/C16H25NO3/c1-5-17(6-2)11-14(4)20-16(18)12-19-15-10-8-7-9-13(15)3/h7-10,14H,5-6,11-12H2,1-4H3/t14-/m1/s1. The van der Waals surface area contributed by atoms with Gasteiger partial charge in [-0.25, -0.2) is 4.79 Å². The lowest BCUT2D eigenvalue weighted by atomic mass is 10.2. The summed E-state index contributed by atoms with van der Waals surface area (Å²) in [6.07, 6.45) is -0.122. The third-order valence-corrected chi connectivity index (χ3v) is 3.18. The minimum absolute atomic E-state index is 0.0482. The number of ether oxygens (including phenoxy) is 2. The highest BCUT2D eigenvalue weighted by Gasteiger charge is 2.13. The Morgan fingerprint density at radius 3 is 2.50 bits per heavy atom. The van der Waals surface area contributed by atoms with Gasteiger partial charge in [-0.15, -0.1) is 0 Å². The molecule has 0 fully saturated rings. The number of likely N-dealkylation sites (N-methyl/N-ethyl adjacent to an activating group) is 1. The molecule has 1 atom stereocenters. The molecule has 112 valence electrons. The Morgan fingerprint density at radius 2 is 1.90 bits per heavy atom. The predicted octanol–water partition coefficient (Wildman–Crippen LogP) is 2.65.